The van der Waals surface area contributed by atoms with Crippen LogP contribution in [0.2, 0.25) is 0 Å². The standard InChI is InChI=1S/C16H20N2O4/c1-11-9-17(12(2)19)10-14(8-15(20)21)18(11)16(22)13-6-4-3-5-7-13/h3-7,11,14H,8-10H2,1-2H3,(H,20,21)/t11-,14-/m1/s1. The number of rotatable bonds is 3. The Hall–Kier alpha value is -2.37. The Labute approximate surface area is 129 Å². The third kappa shape index (κ3) is 3.44. The molecule has 0 bridgehead atoms. The van der Waals surface area contributed by atoms with Crippen LogP contribution >= 0.6 is 0 Å². The number of benzene rings is 1. The third-order valence-corrected chi connectivity index (χ3v) is 3.89. The van der Waals surface area contributed by atoms with Crippen molar-refractivity contribution in [3.63, 3.8) is 0 Å². The number of carbonyl (C=O) groups is 3. The Morgan fingerprint density at radius 1 is 1.18 bits per heavy atom. The van der Waals surface area contributed by atoms with Crippen LogP contribution in [0.1, 0.15) is 30.6 Å². The Bertz CT molecular complexity index is 573. The molecule has 2 amide bonds. The van der Waals surface area contributed by atoms with Crippen molar-refractivity contribution in [1.82, 2.24) is 9.80 Å². The summed E-state index contributed by atoms with van der Waals surface area (Å²) < 4.78 is 0. The normalized spacial score (nSPS) is 21.5. The maximum Gasteiger partial charge on any atom is 0.305 e. The minimum atomic E-state index is -0.978. The predicted octanol–water partition coefficient (Wildman–Crippen LogP) is 1.22. The van der Waals surface area contributed by atoms with E-state index in [1.54, 1.807) is 34.1 Å². The molecule has 0 radical (unpaired) electrons. The highest BCUT2D eigenvalue weighted by molar-refractivity contribution is 5.95. The second kappa shape index (κ2) is 6.60. The average Bonchev–Trinajstić information content (AvgIpc) is 2.46. The topological polar surface area (TPSA) is 77.9 Å². The van der Waals surface area contributed by atoms with Crippen LogP contribution in [0.15, 0.2) is 30.3 Å². The van der Waals surface area contributed by atoms with Gasteiger partial charge in [-0.15, -0.1) is 0 Å². The molecule has 1 fully saturated rings. The summed E-state index contributed by atoms with van der Waals surface area (Å²) in [6.07, 6.45) is -0.174. The number of piperazine rings is 1. The molecule has 0 saturated carbocycles. The van der Waals surface area contributed by atoms with Crippen LogP contribution in [0.25, 0.3) is 0 Å². The number of hydrogen-bond acceptors (Lipinski definition) is 3. The van der Waals surface area contributed by atoms with Crippen molar-refractivity contribution in [1.29, 1.82) is 0 Å². The number of nitrogens with zero attached hydrogens (tertiary/aromatic N) is 2. The van der Waals surface area contributed by atoms with Gasteiger partial charge in [0.1, 0.15) is 0 Å². The van der Waals surface area contributed by atoms with Gasteiger partial charge >= 0.3 is 5.97 Å². The molecule has 22 heavy (non-hydrogen) atoms. The van der Waals surface area contributed by atoms with Gasteiger partial charge in [-0.25, -0.2) is 0 Å². The van der Waals surface area contributed by atoms with E-state index in [-0.39, 0.29) is 30.8 Å². The fourth-order valence-electron chi connectivity index (χ4n) is 2.90. The van der Waals surface area contributed by atoms with Crippen LogP contribution in [0.3, 0.4) is 0 Å². The number of carbonyl (C=O) groups excluding carboxylic acids is 2. The van der Waals surface area contributed by atoms with Crippen molar-refractivity contribution < 1.29 is 19.5 Å². The minimum Gasteiger partial charge on any atom is -0.481 e. The van der Waals surface area contributed by atoms with Gasteiger partial charge in [-0.05, 0) is 19.1 Å². The third-order valence-electron chi connectivity index (χ3n) is 3.89. The second-order valence-corrected chi connectivity index (χ2v) is 5.60. The highest BCUT2D eigenvalue weighted by atomic mass is 16.4. The van der Waals surface area contributed by atoms with Crippen molar-refractivity contribution in [3.05, 3.63) is 35.9 Å². The lowest BCUT2D eigenvalue weighted by atomic mass is 10.0. The van der Waals surface area contributed by atoms with Gasteiger partial charge in [-0.1, -0.05) is 18.2 Å². The summed E-state index contributed by atoms with van der Waals surface area (Å²) in [6, 6.07) is 8.05. The van der Waals surface area contributed by atoms with Crippen LogP contribution in [0, 0.1) is 0 Å². The molecule has 6 nitrogen and oxygen atoms in total. The molecule has 2 atom stereocenters. The van der Waals surface area contributed by atoms with Crippen molar-refractivity contribution in [2.75, 3.05) is 13.1 Å². The molecule has 1 aliphatic rings. The molecule has 1 heterocycles. The van der Waals surface area contributed by atoms with Crippen molar-refractivity contribution in [2.45, 2.75) is 32.4 Å². The number of hydrogen-bond donors (Lipinski definition) is 1. The van der Waals surface area contributed by atoms with E-state index in [0.29, 0.717) is 12.1 Å². The van der Waals surface area contributed by atoms with Gasteiger partial charge in [0.15, 0.2) is 0 Å². The molecule has 0 aromatic heterocycles. The van der Waals surface area contributed by atoms with Crippen molar-refractivity contribution >= 4 is 17.8 Å². The molecule has 1 aliphatic heterocycles. The second-order valence-electron chi connectivity index (χ2n) is 5.60. The van der Waals surface area contributed by atoms with Crippen molar-refractivity contribution in [3.8, 4) is 0 Å². The van der Waals surface area contributed by atoms with E-state index >= 15 is 0 Å². The highest BCUT2D eigenvalue weighted by Crippen LogP contribution is 2.21. The zero-order valence-electron chi connectivity index (χ0n) is 12.7. The van der Waals surface area contributed by atoms with E-state index in [2.05, 4.69) is 0 Å². The van der Waals surface area contributed by atoms with Crippen LogP contribution in [0.5, 0.6) is 0 Å². The number of aliphatic carboxylic acids is 1. The maximum atomic E-state index is 12.7. The zero-order chi connectivity index (χ0) is 16.3. The molecule has 118 valence electrons. The van der Waals surface area contributed by atoms with E-state index in [0.717, 1.165) is 0 Å². The molecule has 0 spiro atoms. The summed E-state index contributed by atoms with van der Waals surface area (Å²) >= 11 is 0. The van der Waals surface area contributed by atoms with Crippen LogP contribution in [-0.2, 0) is 9.59 Å². The van der Waals surface area contributed by atoms with Gasteiger partial charge < -0.3 is 14.9 Å². The Morgan fingerprint density at radius 3 is 2.36 bits per heavy atom. The van der Waals surface area contributed by atoms with E-state index < -0.39 is 12.0 Å². The Balaban J connectivity index is 2.27. The summed E-state index contributed by atoms with van der Waals surface area (Å²) in [6.45, 7) is 3.97. The zero-order valence-corrected chi connectivity index (χ0v) is 12.7. The summed E-state index contributed by atoms with van der Waals surface area (Å²) in [5.41, 5.74) is 0.529. The molecule has 2 rings (SSSR count). The Kier molecular flexibility index (Phi) is 4.80. The number of carboxylic acids is 1. The molecule has 1 N–H and O–H groups in total. The van der Waals surface area contributed by atoms with Crippen LogP contribution in [-0.4, -0.2) is 57.9 Å². The molecule has 1 saturated heterocycles. The molecule has 0 aliphatic carbocycles. The number of carboxylic acid groups (broad SMARTS) is 1. The first-order chi connectivity index (χ1) is 10.4. The van der Waals surface area contributed by atoms with E-state index in [4.69, 9.17) is 5.11 Å². The quantitative estimate of drug-likeness (QED) is 0.911. The largest absolute Gasteiger partial charge is 0.481 e. The first kappa shape index (κ1) is 16.0. The fraction of sp³-hybridized carbons (Fsp3) is 0.438. The molecular weight excluding hydrogens is 284 g/mol. The average molecular weight is 304 g/mol. The van der Waals surface area contributed by atoms with Gasteiger partial charge in [-0.3, -0.25) is 14.4 Å². The van der Waals surface area contributed by atoms with E-state index in [1.165, 1.54) is 6.92 Å². The molecule has 1 aromatic carbocycles. The number of amides is 2. The smallest absolute Gasteiger partial charge is 0.305 e. The van der Waals surface area contributed by atoms with Gasteiger partial charge in [0, 0.05) is 31.6 Å². The van der Waals surface area contributed by atoms with Gasteiger partial charge in [0.25, 0.3) is 5.91 Å². The van der Waals surface area contributed by atoms with Crippen LogP contribution < -0.4 is 0 Å². The predicted molar refractivity (Wildman–Crippen MR) is 80.4 cm³/mol. The maximum absolute atomic E-state index is 12.7. The molecular formula is C16H20N2O4. The first-order valence-electron chi connectivity index (χ1n) is 7.25. The lowest BCUT2D eigenvalue weighted by Gasteiger charge is -2.45. The SMILES string of the molecule is CC(=O)N1C[C@@H](CC(=O)O)N(C(=O)c2ccccc2)[C@H](C)C1. The summed E-state index contributed by atoms with van der Waals surface area (Å²) in [5, 5.41) is 9.11. The van der Waals surface area contributed by atoms with Gasteiger partial charge in [0.05, 0.1) is 12.5 Å². The Morgan fingerprint density at radius 2 is 1.82 bits per heavy atom. The van der Waals surface area contributed by atoms with Gasteiger partial charge in [-0.2, -0.15) is 0 Å². The first-order valence-corrected chi connectivity index (χ1v) is 7.25. The lowest BCUT2D eigenvalue weighted by molar-refractivity contribution is -0.141. The highest BCUT2D eigenvalue weighted by Gasteiger charge is 2.37. The summed E-state index contributed by atoms with van der Waals surface area (Å²) in [5.74, 6) is -1.27. The molecule has 1 aromatic rings. The van der Waals surface area contributed by atoms with Gasteiger partial charge in [0.2, 0.25) is 5.91 Å². The molecule has 0 unspecified atom stereocenters. The van der Waals surface area contributed by atoms with Crippen molar-refractivity contribution in [2.24, 2.45) is 0 Å². The van der Waals surface area contributed by atoms with E-state index in [1.807, 2.05) is 13.0 Å². The summed E-state index contributed by atoms with van der Waals surface area (Å²) in [4.78, 5) is 38.6. The van der Waals surface area contributed by atoms with Crippen LogP contribution in [0.4, 0.5) is 0 Å². The fourth-order valence-corrected chi connectivity index (χ4v) is 2.90. The lowest BCUT2D eigenvalue weighted by Crippen LogP contribution is -2.60. The van der Waals surface area contributed by atoms with E-state index in [9.17, 15) is 14.4 Å². The monoisotopic (exact) mass is 304 g/mol. The minimum absolute atomic E-state index is 0.103. The summed E-state index contributed by atoms with van der Waals surface area (Å²) in [7, 11) is 0. The molecule has 6 heteroatoms.